The van der Waals surface area contributed by atoms with E-state index in [1.807, 2.05) is 6.92 Å². The van der Waals surface area contributed by atoms with Gasteiger partial charge in [0, 0.05) is 30.9 Å². The summed E-state index contributed by atoms with van der Waals surface area (Å²) in [5.74, 6) is 0.461. The molecule has 0 saturated heterocycles. The fraction of sp³-hybridized carbons (Fsp3) is 0.429. The van der Waals surface area contributed by atoms with Crippen molar-refractivity contribution < 1.29 is 14.8 Å². The molecular formula is C14H20N2O4. The lowest BCUT2D eigenvalue weighted by molar-refractivity contribution is -0.384. The second-order valence-electron chi connectivity index (χ2n) is 4.25. The van der Waals surface area contributed by atoms with Crippen molar-refractivity contribution in [2.24, 2.45) is 0 Å². The van der Waals surface area contributed by atoms with E-state index in [4.69, 9.17) is 9.84 Å². The summed E-state index contributed by atoms with van der Waals surface area (Å²) in [6, 6.07) is 4.62. The van der Waals surface area contributed by atoms with E-state index in [2.05, 4.69) is 6.58 Å². The van der Waals surface area contributed by atoms with Crippen LogP contribution in [0.1, 0.15) is 13.3 Å². The second kappa shape index (κ2) is 8.16. The first kappa shape index (κ1) is 16.0. The van der Waals surface area contributed by atoms with Crippen molar-refractivity contribution in [2.45, 2.75) is 13.3 Å². The molecule has 0 atom stereocenters. The summed E-state index contributed by atoms with van der Waals surface area (Å²) in [7, 11) is 0. The van der Waals surface area contributed by atoms with Gasteiger partial charge in [-0.15, -0.1) is 6.58 Å². The molecule has 0 bridgehead atoms. The highest BCUT2D eigenvalue weighted by molar-refractivity contribution is 5.58. The molecule has 20 heavy (non-hydrogen) atoms. The van der Waals surface area contributed by atoms with Crippen LogP contribution in [0.5, 0.6) is 5.75 Å². The van der Waals surface area contributed by atoms with Gasteiger partial charge < -0.3 is 14.7 Å². The number of rotatable bonds is 9. The maximum atomic E-state index is 11.0. The molecule has 0 radical (unpaired) electrons. The summed E-state index contributed by atoms with van der Waals surface area (Å²) in [6.45, 7) is 6.95. The molecule has 1 aromatic carbocycles. The van der Waals surface area contributed by atoms with Crippen LogP contribution >= 0.6 is 0 Å². The largest absolute Gasteiger partial charge is 0.493 e. The Labute approximate surface area is 118 Å². The van der Waals surface area contributed by atoms with Gasteiger partial charge in [0.05, 0.1) is 24.2 Å². The van der Waals surface area contributed by atoms with Crippen LogP contribution in [0.15, 0.2) is 30.9 Å². The predicted molar refractivity (Wildman–Crippen MR) is 78.4 cm³/mol. The van der Waals surface area contributed by atoms with Gasteiger partial charge in [-0.05, 0) is 6.42 Å². The Kier molecular flexibility index (Phi) is 6.52. The Morgan fingerprint density at radius 2 is 2.25 bits per heavy atom. The molecule has 1 rings (SSSR count). The molecule has 6 nitrogen and oxygen atoms in total. The summed E-state index contributed by atoms with van der Waals surface area (Å²) in [4.78, 5) is 12.3. The van der Waals surface area contributed by atoms with E-state index in [1.165, 1.54) is 12.1 Å². The van der Waals surface area contributed by atoms with Crippen molar-refractivity contribution in [1.82, 2.24) is 0 Å². The molecule has 6 heteroatoms. The highest BCUT2D eigenvalue weighted by Crippen LogP contribution is 2.28. The van der Waals surface area contributed by atoms with Crippen molar-refractivity contribution in [3.05, 3.63) is 41.0 Å². The molecule has 0 aliphatic carbocycles. The van der Waals surface area contributed by atoms with Crippen molar-refractivity contribution in [2.75, 3.05) is 31.2 Å². The molecule has 1 aromatic rings. The first-order valence-electron chi connectivity index (χ1n) is 6.51. The lowest BCUT2D eigenvalue weighted by Crippen LogP contribution is -2.26. The van der Waals surface area contributed by atoms with Crippen LogP contribution in [0.25, 0.3) is 0 Å². The summed E-state index contributed by atoms with van der Waals surface area (Å²) >= 11 is 0. The van der Waals surface area contributed by atoms with Crippen LogP contribution in [0.3, 0.4) is 0 Å². The van der Waals surface area contributed by atoms with E-state index in [9.17, 15) is 10.1 Å². The monoisotopic (exact) mass is 280 g/mol. The summed E-state index contributed by atoms with van der Waals surface area (Å²) in [6.07, 6.45) is 2.51. The Bertz CT molecular complexity index is 462. The van der Waals surface area contributed by atoms with Crippen LogP contribution in [0.2, 0.25) is 0 Å². The molecule has 0 aliphatic rings. The lowest BCUT2D eigenvalue weighted by Gasteiger charge is -2.22. The number of hydrogen-bond acceptors (Lipinski definition) is 5. The number of nitro benzene ring substituents is 1. The smallest absolute Gasteiger partial charge is 0.275 e. The van der Waals surface area contributed by atoms with E-state index < -0.39 is 4.92 Å². The average Bonchev–Trinajstić information content (AvgIpc) is 2.44. The maximum Gasteiger partial charge on any atom is 0.275 e. The molecule has 0 amide bonds. The van der Waals surface area contributed by atoms with Crippen molar-refractivity contribution in [3.63, 3.8) is 0 Å². The minimum absolute atomic E-state index is 0.0272. The predicted octanol–water partition coefficient (Wildman–Crippen LogP) is 2.37. The highest BCUT2D eigenvalue weighted by atomic mass is 16.6. The molecule has 110 valence electrons. The standard InChI is InChI=1S/C14H20N2O4/c1-3-5-15(6-7-17)12-9-13(16(18)19)11-14(10-12)20-8-4-2/h3,9-11,17H,1,4-8H2,2H3. The van der Waals surface area contributed by atoms with Gasteiger partial charge in [-0.3, -0.25) is 10.1 Å². The normalized spacial score (nSPS) is 10.1. The van der Waals surface area contributed by atoms with Crippen molar-refractivity contribution in [3.8, 4) is 5.75 Å². The number of aliphatic hydroxyl groups is 1. The number of hydrogen-bond donors (Lipinski definition) is 1. The van der Waals surface area contributed by atoms with Gasteiger partial charge in [0.15, 0.2) is 0 Å². The molecule has 0 aromatic heterocycles. The zero-order valence-corrected chi connectivity index (χ0v) is 11.6. The van der Waals surface area contributed by atoms with Crippen molar-refractivity contribution in [1.29, 1.82) is 0 Å². The fourth-order valence-corrected chi connectivity index (χ4v) is 1.76. The van der Waals surface area contributed by atoms with Gasteiger partial charge in [-0.1, -0.05) is 13.0 Å². The molecule has 0 spiro atoms. The van der Waals surface area contributed by atoms with Gasteiger partial charge in [-0.25, -0.2) is 0 Å². The highest BCUT2D eigenvalue weighted by Gasteiger charge is 2.14. The number of ether oxygens (including phenoxy) is 1. The Hall–Kier alpha value is -2.08. The third kappa shape index (κ3) is 4.55. The zero-order valence-electron chi connectivity index (χ0n) is 11.6. The quantitative estimate of drug-likeness (QED) is 0.427. The summed E-state index contributed by atoms with van der Waals surface area (Å²) < 4.78 is 5.47. The van der Waals surface area contributed by atoms with Crippen LogP contribution in [0, 0.1) is 10.1 Å². The van der Waals surface area contributed by atoms with Crippen molar-refractivity contribution >= 4 is 11.4 Å². The fourth-order valence-electron chi connectivity index (χ4n) is 1.76. The molecule has 0 aliphatic heterocycles. The van der Waals surface area contributed by atoms with Gasteiger partial charge in [0.1, 0.15) is 5.75 Å². The first-order valence-corrected chi connectivity index (χ1v) is 6.51. The number of anilines is 1. The second-order valence-corrected chi connectivity index (χ2v) is 4.25. The SMILES string of the molecule is C=CCN(CCO)c1cc(OCCC)cc([N+](=O)[O-])c1. The number of nitro groups is 1. The van der Waals surface area contributed by atoms with Gasteiger partial charge in [0.25, 0.3) is 5.69 Å². The molecular weight excluding hydrogens is 260 g/mol. The van der Waals surface area contributed by atoms with Crippen LogP contribution in [0.4, 0.5) is 11.4 Å². The van der Waals surface area contributed by atoms with Crippen LogP contribution in [-0.2, 0) is 0 Å². The number of nitrogens with zero attached hydrogens (tertiary/aromatic N) is 2. The van der Waals surface area contributed by atoms with Crippen LogP contribution in [-0.4, -0.2) is 36.3 Å². The molecule has 1 N–H and O–H groups in total. The molecule has 0 unspecified atom stereocenters. The van der Waals surface area contributed by atoms with E-state index in [0.29, 0.717) is 31.1 Å². The summed E-state index contributed by atoms with van der Waals surface area (Å²) in [5.41, 5.74) is 0.611. The van der Waals surface area contributed by atoms with E-state index in [1.54, 1.807) is 17.0 Å². The third-order valence-electron chi connectivity index (χ3n) is 2.64. The Balaban J connectivity index is 3.10. The lowest BCUT2D eigenvalue weighted by atomic mass is 10.2. The third-order valence-corrected chi connectivity index (χ3v) is 2.64. The van der Waals surface area contributed by atoms with Gasteiger partial charge >= 0.3 is 0 Å². The van der Waals surface area contributed by atoms with Gasteiger partial charge in [-0.2, -0.15) is 0 Å². The number of non-ortho nitro benzene ring substituents is 1. The zero-order chi connectivity index (χ0) is 15.0. The minimum Gasteiger partial charge on any atom is -0.493 e. The Morgan fingerprint density at radius 1 is 1.50 bits per heavy atom. The summed E-state index contributed by atoms with van der Waals surface area (Å²) in [5, 5.41) is 20.1. The van der Waals surface area contributed by atoms with E-state index >= 15 is 0 Å². The first-order chi connectivity index (χ1) is 9.62. The van der Waals surface area contributed by atoms with E-state index in [0.717, 1.165) is 6.42 Å². The number of benzene rings is 1. The topological polar surface area (TPSA) is 75.8 Å². The number of aliphatic hydroxyl groups excluding tert-OH is 1. The molecule has 0 saturated carbocycles. The maximum absolute atomic E-state index is 11.0. The molecule has 0 fully saturated rings. The van der Waals surface area contributed by atoms with Gasteiger partial charge in [0.2, 0.25) is 0 Å². The average molecular weight is 280 g/mol. The van der Waals surface area contributed by atoms with E-state index in [-0.39, 0.29) is 12.3 Å². The Morgan fingerprint density at radius 3 is 2.80 bits per heavy atom. The molecule has 0 heterocycles. The van der Waals surface area contributed by atoms with Crippen LogP contribution < -0.4 is 9.64 Å². The minimum atomic E-state index is -0.451.